The highest BCUT2D eigenvalue weighted by molar-refractivity contribution is 6.37. The normalized spacial score (nSPS) is 11.4. The number of esters is 2. The van der Waals surface area contributed by atoms with E-state index in [1.54, 1.807) is 33.1 Å². The second-order valence-corrected chi connectivity index (χ2v) is 4.78. The molecule has 0 aliphatic carbocycles. The van der Waals surface area contributed by atoms with E-state index in [2.05, 4.69) is 4.74 Å². The zero-order valence-electron chi connectivity index (χ0n) is 13.7. The first-order valence-electron chi connectivity index (χ1n) is 7.54. The van der Waals surface area contributed by atoms with E-state index in [1.807, 2.05) is 12.1 Å². The SMILES string of the molecule is CCOC(=O)C(=O)C(CCc1ccc(OC)cc1)C(=O)OCC. The van der Waals surface area contributed by atoms with Crippen LogP contribution in [-0.2, 0) is 30.3 Å². The number of ether oxygens (including phenoxy) is 3. The maximum Gasteiger partial charge on any atom is 0.375 e. The maximum absolute atomic E-state index is 12.1. The van der Waals surface area contributed by atoms with Crippen molar-refractivity contribution in [2.24, 2.45) is 5.92 Å². The van der Waals surface area contributed by atoms with Crippen LogP contribution in [0.2, 0.25) is 0 Å². The number of benzene rings is 1. The number of carbonyl (C=O) groups excluding carboxylic acids is 3. The van der Waals surface area contributed by atoms with Crippen molar-refractivity contribution in [3.05, 3.63) is 29.8 Å². The van der Waals surface area contributed by atoms with Gasteiger partial charge in [0, 0.05) is 0 Å². The van der Waals surface area contributed by atoms with Crippen LogP contribution in [0.5, 0.6) is 5.75 Å². The highest BCUT2D eigenvalue weighted by atomic mass is 16.5. The first-order valence-corrected chi connectivity index (χ1v) is 7.54. The zero-order valence-corrected chi connectivity index (χ0v) is 13.7. The maximum atomic E-state index is 12.1. The minimum absolute atomic E-state index is 0.0819. The molecule has 0 amide bonds. The van der Waals surface area contributed by atoms with Crippen molar-refractivity contribution in [1.29, 1.82) is 0 Å². The molecule has 0 N–H and O–H groups in total. The molecule has 0 aromatic heterocycles. The van der Waals surface area contributed by atoms with Gasteiger partial charge >= 0.3 is 11.9 Å². The number of aryl methyl sites for hydroxylation is 1. The summed E-state index contributed by atoms with van der Waals surface area (Å²) in [7, 11) is 1.57. The lowest BCUT2D eigenvalue weighted by molar-refractivity contribution is -0.162. The first kappa shape index (κ1) is 18.7. The Morgan fingerprint density at radius 1 is 1.00 bits per heavy atom. The second kappa shape index (κ2) is 9.61. The van der Waals surface area contributed by atoms with Crippen LogP contribution in [0.1, 0.15) is 25.8 Å². The molecule has 6 nitrogen and oxygen atoms in total. The summed E-state index contributed by atoms with van der Waals surface area (Å²) in [6, 6.07) is 7.27. The molecule has 0 aliphatic heterocycles. The Balaban J connectivity index is 2.77. The van der Waals surface area contributed by atoms with Gasteiger partial charge in [-0.3, -0.25) is 9.59 Å². The van der Waals surface area contributed by atoms with Gasteiger partial charge in [0.2, 0.25) is 0 Å². The van der Waals surface area contributed by atoms with Crippen molar-refractivity contribution in [3.63, 3.8) is 0 Å². The van der Waals surface area contributed by atoms with Crippen molar-refractivity contribution in [2.45, 2.75) is 26.7 Å². The van der Waals surface area contributed by atoms with Crippen LogP contribution < -0.4 is 4.74 Å². The van der Waals surface area contributed by atoms with Crippen LogP contribution in [0, 0.1) is 5.92 Å². The molecule has 0 fully saturated rings. The van der Waals surface area contributed by atoms with Gasteiger partial charge in [-0.25, -0.2) is 4.79 Å². The van der Waals surface area contributed by atoms with E-state index in [9.17, 15) is 14.4 Å². The Morgan fingerprint density at radius 2 is 1.61 bits per heavy atom. The lowest BCUT2D eigenvalue weighted by Crippen LogP contribution is -2.33. The molecule has 6 heteroatoms. The third-order valence-corrected chi connectivity index (χ3v) is 3.24. The van der Waals surface area contributed by atoms with Crippen molar-refractivity contribution < 1.29 is 28.6 Å². The van der Waals surface area contributed by atoms with Crippen LogP contribution in [0.4, 0.5) is 0 Å². The molecule has 0 bridgehead atoms. The Bertz CT molecular complexity index is 535. The fourth-order valence-electron chi connectivity index (χ4n) is 2.05. The van der Waals surface area contributed by atoms with Gasteiger partial charge in [0.25, 0.3) is 5.78 Å². The quantitative estimate of drug-likeness (QED) is 0.393. The molecule has 0 radical (unpaired) electrons. The average Bonchev–Trinajstić information content (AvgIpc) is 2.56. The largest absolute Gasteiger partial charge is 0.497 e. The topological polar surface area (TPSA) is 78.9 Å². The average molecular weight is 322 g/mol. The molecule has 0 saturated carbocycles. The predicted octanol–water partition coefficient (Wildman–Crippen LogP) is 1.94. The number of hydrogen-bond donors (Lipinski definition) is 0. The monoisotopic (exact) mass is 322 g/mol. The van der Waals surface area contributed by atoms with Gasteiger partial charge in [0.1, 0.15) is 11.7 Å². The molecule has 1 rings (SSSR count). The zero-order chi connectivity index (χ0) is 17.2. The fraction of sp³-hybridized carbons (Fsp3) is 0.471. The molecule has 1 atom stereocenters. The van der Waals surface area contributed by atoms with Crippen molar-refractivity contribution in [2.75, 3.05) is 20.3 Å². The number of carbonyl (C=O) groups is 3. The van der Waals surface area contributed by atoms with E-state index in [4.69, 9.17) is 9.47 Å². The Morgan fingerprint density at radius 3 is 2.13 bits per heavy atom. The van der Waals surface area contributed by atoms with Crippen molar-refractivity contribution in [1.82, 2.24) is 0 Å². The number of methoxy groups -OCH3 is 1. The van der Waals surface area contributed by atoms with Crippen LogP contribution in [0.15, 0.2) is 24.3 Å². The lowest BCUT2D eigenvalue weighted by Gasteiger charge is -2.13. The van der Waals surface area contributed by atoms with Crippen molar-refractivity contribution in [3.8, 4) is 5.75 Å². The standard InChI is InChI=1S/C17H22O6/c1-4-22-16(19)14(15(18)17(20)23-5-2)11-8-12-6-9-13(21-3)10-7-12/h6-7,9-10,14H,4-5,8,11H2,1-3H3. The van der Waals surface area contributed by atoms with Crippen LogP contribution in [-0.4, -0.2) is 38.0 Å². The minimum Gasteiger partial charge on any atom is -0.497 e. The summed E-state index contributed by atoms with van der Waals surface area (Å²) < 4.78 is 14.6. The molecule has 1 aromatic rings. The fourth-order valence-corrected chi connectivity index (χ4v) is 2.05. The lowest BCUT2D eigenvalue weighted by atomic mass is 9.95. The van der Waals surface area contributed by atoms with Crippen LogP contribution >= 0.6 is 0 Å². The molecule has 1 aromatic carbocycles. The summed E-state index contributed by atoms with van der Waals surface area (Å²) in [5.41, 5.74) is 0.928. The number of hydrogen-bond acceptors (Lipinski definition) is 6. The molecule has 126 valence electrons. The van der Waals surface area contributed by atoms with Gasteiger partial charge in [-0.2, -0.15) is 0 Å². The van der Waals surface area contributed by atoms with Gasteiger partial charge < -0.3 is 14.2 Å². The second-order valence-electron chi connectivity index (χ2n) is 4.78. The third kappa shape index (κ3) is 5.73. The number of rotatable bonds is 9. The van der Waals surface area contributed by atoms with Gasteiger partial charge in [0.15, 0.2) is 0 Å². The summed E-state index contributed by atoms with van der Waals surface area (Å²) >= 11 is 0. The Labute approximate surface area is 135 Å². The van der Waals surface area contributed by atoms with E-state index < -0.39 is 23.6 Å². The number of ketones is 1. The third-order valence-electron chi connectivity index (χ3n) is 3.24. The molecule has 0 spiro atoms. The van der Waals surface area contributed by atoms with Crippen LogP contribution in [0.3, 0.4) is 0 Å². The predicted molar refractivity (Wildman–Crippen MR) is 83.1 cm³/mol. The minimum atomic E-state index is -1.14. The molecular weight excluding hydrogens is 300 g/mol. The van der Waals surface area contributed by atoms with Gasteiger partial charge in [-0.15, -0.1) is 0 Å². The molecule has 23 heavy (non-hydrogen) atoms. The molecule has 0 saturated heterocycles. The molecule has 0 aliphatic rings. The summed E-state index contributed by atoms with van der Waals surface area (Å²) in [6.07, 6.45) is 0.640. The molecule has 1 unspecified atom stereocenters. The van der Waals surface area contributed by atoms with Gasteiger partial charge in [-0.1, -0.05) is 12.1 Å². The van der Waals surface area contributed by atoms with Gasteiger partial charge in [0.05, 0.1) is 20.3 Å². The van der Waals surface area contributed by atoms with E-state index >= 15 is 0 Å². The smallest absolute Gasteiger partial charge is 0.375 e. The Hall–Kier alpha value is -2.37. The van der Waals surface area contributed by atoms with Crippen molar-refractivity contribution >= 4 is 17.7 Å². The van der Waals surface area contributed by atoms with E-state index in [1.165, 1.54) is 0 Å². The van der Waals surface area contributed by atoms with E-state index in [0.717, 1.165) is 11.3 Å². The first-order chi connectivity index (χ1) is 11.0. The van der Waals surface area contributed by atoms with Gasteiger partial charge in [-0.05, 0) is 44.4 Å². The van der Waals surface area contributed by atoms with Crippen LogP contribution in [0.25, 0.3) is 0 Å². The highest BCUT2D eigenvalue weighted by Gasteiger charge is 2.33. The highest BCUT2D eigenvalue weighted by Crippen LogP contribution is 2.17. The number of Topliss-reactive ketones (excluding diaryl/α,β-unsaturated/α-hetero) is 1. The summed E-state index contributed by atoms with van der Waals surface area (Å²) in [5, 5.41) is 0. The van der Waals surface area contributed by atoms with E-state index in [-0.39, 0.29) is 19.6 Å². The summed E-state index contributed by atoms with van der Waals surface area (Å²) in [6.45, 7) is 3.47. The Kier molecular flexibility index (Phi) is 7.80. The molecular formula is C17H22O6. The summed E-state index contributed by atoms with van der Waals surface area (Å²) in [4.78, 5) is 35.6. The molecule has 0 heterocycles. The van der Waals surface area contributed by atoms with E-state index in [0.29, 0.717) is 6.42 Å². The summed E-state index contributed by atoms with van der Waals surface area (Å²) in [5.74, 6) is -2.98.